The van der Waals surface area contributed by atoms with Gasteiger partial charge in [0, 0.05) is 24.3 Å². The van der Waals surface area contributed by atoms with Crippen LogP contribution in [0.5, 0.6) is 5.75 Å². The lowest BCUT2D eigenvalue weighted by Crippen LogP contribution is -2.35. The highest BCUT2D eigenvalue weighted by atomic mass is 35.5. The summed E-state index contributed by atoms with van der Waals surface area (Å²) in [5.74, 6) is 0.377. The Morgan fingerprint density at radius 3 is 2.33 bits per heavy atom. The highest BCUT2D eigenvalue weighted by Crippen LogP contribution is 2.28. The van der Waals surface area contributed by atoms with Gasteiger partial charge in [0.2, 0.25) is 0 Å². The van der Waals surface area contributed by atoms with Crippen molar-refractivity contribution < 1.29 is 17.9 Å². The SMILES string of the molecule is COc1ccc(S(=O)(=O)Nc2ccc(C(=O)N3CCCCC3)cc2)cc1Cl. The third-order valence-corrected chi connectivity index (χ3v) is 6.14. The third kappa shape index (κ3) is 4.54. The van der Waals surface area contributed by atoms with E-state index >= 15 is 0 Å². The number of nitrogens with zero attached hydrogens (tertiary/aromatic N) is 1. The second kappa shape index (κ2) is 8.19. The van der Waals surface area contributed by atoms with Crippen molar-refractivity contribution in [2.75, 3.05) is 24.9 Å². The van der Waals surface area contributed by atoms with Crippen LogP contribution in [0.3, 0.4) is 0 Å². The highest BCUT2D eigenvalue weighted by molar-refractivity contribution is 7.92. The van der Waals surface area contributed by atoms with Gasteiger partial charge < -0.3 is 9.64 Å². The maximum Gasteiger partial charge on any atom is 0.261 e. The molecule has 1 heterocycles. The summed E-state index contributed by atoms with van der Waals surface area (Å²) in [6.07, 6.45) is 3.20. The molecule has 8 heteroatoms. The molecule has 1 fully saturated rings. The molecule has 1 aliphatic rings. The van der Waals surface area contributed by atoms with Crippen molar-refractivity contribution in [2.24, 2.45) is 0 Å². The van der Waals surface area contributed by atoms with Crippen LogP contribution >= 0.6 is 11.6 Å². The van der Waals surface area contributed by atoms with Gasteiger partial charge in [0.05, 0.1) is 17.0 Å². The summed E-state index contributed by atoms with van der Waals surface area (Å²) in [5.41, 5.74) is 0.921. The predicted octanol–water partition coefficient (Wildman–Crippen LogP) is 3.78. The van der Waals surface area contributed by atoms with Gasteiger partial charge in [-0.2, -0.15) is 0 Å². The van der Waals surface area contributed by atoms with Crippen molar-refractivity contribution in [3.8, 4) is 5.75 Å². The lowest BCUT2D eigenvalue weighted by molar-refractivity contribution is 0.0724. The average Bonchev–Trinajstić information content (AvgIpc) is 2.68. The van der Waals surface area contributed by atoms with Gasteiger partial charge in [-0.05, 0) is 61.7 Å². The molecule has 0 unspecified atom stereocenters. The summed E-state index contributed by atoms with van der Waals surface area (Å²) < 4.78 is 32.6. The number of carbonyl (C=O) groups is 1. The van der Waals surface area contributed by atoms with E-state index in [0.29, 0.717) is 17.0 Å². The molecule has 27 heavy (non-hydrogen) atoms. The van der Waals surface area contributed by atoms with Crippen LogP contribution < -0.4 is 9.46 Å². The van der Waals surface area contributed by atoms with Crippen LogP contribution in [0.2, 0.25) is 5.02 Å². The first-order valence-corrected chi connectivity index (χ1v) is 10.5. The van der Waals surface area contributed by atoms with Crippen molar-refractivity contribution >= 4 is 33.2 Å². The normalized spacial score (nSPS) is 14.7. The summed E-state index contributed by atoms with van der Waals surface area (Å²) in [6, 6.07) is 10.7. The molecule has 3 rings (SSSR count). The molecule has 1 saturated heterocycles. The Morgan fingerprint density at radius 2 is 1.74 bits per heavy atom. The molecule has 2 aromatic carbocycles. The summed E-state index contributed by atoms with van der Waals surface area (Å²) in [5, 5.41) is 0.211. The number of benzene rings is 2. The topological polar surface area (TPSA) is 75.7 Å². The number of carbonyl (C=O) groups excluding carboxylic acids is 1. The fourth-order valence-electron chi connectivity index (χ4n) is 2.99. The summed E-state index contributed by atoms with van der Waals surface area (Å²) >= 11 is 6.01. The number of piperidine rings is 1. The number of amides is 1. The van der Waals surface area contributed by atoms with Gasteiger partial charge in [-0.1, -0.05) is 11.6 Å². The lowest BCUT2D eigenvalue weighted by atomic mass is 10.1. The highest BCUT2D eigenvalue weighted by Gasteiger charge is 2.19. The lowest BCUT2D eigenvalue weighted by Gasteiger charge is -2.26. The Kier molecular flexibility index (Phi) is 5.92. The van der Waals surface area contributed by atoms with Crippen molar-refractivity contribution in [2.45, 2.75) is 24.2 Å². The standard InChI is InChI=1S/C19H21ClN2O4S/c1-26-18-10-9-16(13-17(18)20)27(24,25)21-15-7-5-14(6-8-15)19(23)22-11-3-2-4-12-22/h5-10,13,21H,2-4,11-12H2,1H3. The Balaban J connectivity index is 1.73. The van der Waals surface area contributed by atoms with Gasteiger partial charge in [-0.15, -0.1) is 0 Å². The van der Waals surface area contributed by atoms with Crippen LogP contribution in [0.4, 0.5) is 5.69 Å². The Bertz CT molecular complexity index is 923. The van der Waals surface area contributed by atoms with E-state index in [1.54, 1.807) is 24.3 Å². The minimum atomic E-state index is -3.80. The fraction of sp³-hybridized carbons (Fsp3) is 0.316. The third-order valence-electron chi connectivity index (χ3n) is 4.46. The first kappa shape index (κ1) is 19.5. The van der Waals surface area contributed by atoms with E-state index in [4.69, 9.17) is 16.3 Å². The fourth-order valence-corrected chi connectivity index (χ4v) is 4.40. The van der Waals surface area contributed by atoms with Crippen LogP contribution in [0, 0.1) is 0 Å². The van der Waals surface area contributed by atoms with Crippen LogP contribution in [-0.2, 0) is 10.0 Å². The number of ether oxygens (including phenoxy) is 1. The molecule has 0 bridgehead atoms. The van der Waals surface area contributed by atoms with Crippen molar-refractivity contribution in [3.05, 3.63) is 53.1 Å². The molecule has 1 aliphatic heterocycles. The van der Waals surface area contributed by atoms with Gasteiger partial charge in [-0.25, -0.2) is 8.42 Å². The molecule has 6 nitrogen and oxygen atoms in total. The number of likely N-dealkylation sites (tertiary alicyclic amines) is 1. The summed E-state index contributed by atoms with van der Waals surface area (Å²) in [4.78, 5) is 14.3. The van der Waals surface area contributed by atoms with Crippen molar-refractivity contribution in [3.63, 3.8) is 0 Å². The minimum Gasteiger partial charge on any atom is -0.495 e. The monoisotopic (exact) mass is 408 g/mol. The van der Waals surface area contributed by atoms with E-state index in [2.05, 4.69) is 4.72 Å². The molecule has 0 radical (unpaired) electrons. The van der Waals surface area contributed by atoms with E-state index in [-0.39, 0.29) is 15.8 Å². The predicted molar refractivity (Wildman–Crippen MR) is 105 cm³/mol. The molecule has 0 saturated carbocycles. The molecule has 144 valence electrons. The average molecular weight is 409 g/mol. The summed E-state index contributed by atoms with van der Waals surface area (Å²) in [7, 11) is -2.34. The Hall–Kier alpha value is -2.25. The Morgan fingerprint density at radius 1 is 1.07 bits per heavy atom. The van der Waals surface area contributed by atoms with Gasteiger partial charge in [0.1, 0.15) is 5.75 Å². The van der Waals surface area contributed by atoms with Crippen molar-refractivity contribution in [1.29, 1.82) is 0 Å². The molecule has 2 aromatic rings. The smallest absolute Gasteiger partial charge is 0.261 e. The van der Waals surface area contributed by atoms with E-state index in [9.17, 15) is 13.2 Å². The maximum atomic E-state index is 12.5. The van der Waals surface area contributed by atoms with Crippen LogP contribution in [-0.4, -0.2) is 39.4 Å². The van der Waals surface area contributed by atoms with E-state index in [1.165, 1.54) is 25.3 Å². The molecule has 1 amide bonds. The van der Waals surface area contributed by atoms with Crippen molar-refractivity contribution in [1.82, 2.24) is 4.90 Å². The van der Waals surface area contributed by atoms with Gasteiger partial charge in [0.15, 0.2) is 0 Å². The number of halogens is 1. The first-order chi connectivity index (χ1) is 12.9. The Labute approximate surface area is 164 Å². The second-order valence-corrected chi connectivity index (χ2v) is 8.42. The van der Waals surface area contributed by atoms with Crippen LogP contribution in [0.15, 0.2) is 47.4 Å². The molecular weight excluding hydrogens is 388 g/mol. The summed E-state index contributed by atoms with van der Waals surface area (Å²) in [6.45, 7) is 1.54. The first-order valence-electron chi connectivity index (χ1n) is 8.66. The number of hydrogen-bond donors (Lipinski definition) is 1. The van der Waals surface area contributed by atoms with Gasteiger partial charge in [0.25, 0.3) is 15.9 Å². The maximum absolute atomic E-state index is 12.5. The van der Waals surface area contributed by atoms with E-state index < -0.39 is 10.0 Å². The number of methoxy groups -OCH3 is 1. The quantitative estimate of drug-likeness (QED) is 0.816. The second-order valence-electron chi connectivity index (χ2n) is 6.33. The number of anilines is 1. The zero-order valence-corrected chi connectivity index (χ0v) is 16.5. The minimum absolute atomic E-state index is 0.0222. The van der Waals surface area contributed by atoms with Gasteiger partial charge in [-0.3, -0.25) is 9.52 Å². The van der Waals surface area contributed by atoms with Crippen LogP contribution in [0.25, 0.3) is 0 Å². The zero-order valence-electron chi connectivity index (χ0n) is 14.9. The van der Waals surface area contributed by atoms with E-state index in [1.807, 2.05) is 4.90 Å². The molecule has 0 aromatic heterocycles. The molecule has 0 spiro atoms. The van der Waals surface area contributed by atoms with Gasteiger partial charge >= 0.3 is 0 Å². The number of hydrogen-bond acceptors (Lipinski definition) is 4. The molecule has 0 atom stereocenters. The van der Waals surface area contributed by atoms with E-state index in [0.717, 1.165) is 32.4 Å². The molecule has 1 N–H and O–H groups in total. The molecule has 0 aliphatic carbocycles. The largest absolute Gasteiger partial charge is 0.495 e. The number of nitrogens with one attached hydrogen (secondary N) is 1. The molecular formula is C19H21ClN2O4S. The number of sulfonamides is 1. The van der Waals surface area contributed by atoms with Crippen LogP contribution in [0.1, 0.15) is 29.6 Å². The zero-order chi connectivity index (χ0) is 19.4. The number of rotatable bonds is 5.